The first-order chi connectivity index (χ1) is 19.7. The Morgan fingerprint density at radius 1 is 0.756 bits per heavy atom. The first-order valence-corrected chi connectivity index (χ1v) is 14.5. The van der Waals surface area contributed by atoms with Crippen molar-refractivity contribution in [3.8, 4) is 11.5 Å². The molecule has 0 unspecified atom stereocenters. The zero-order chi connectivity index (χ0) is 30.3. The van der Waals surface area contributed by atoms with Crippen LogP contribution >= 0.6 is 0 Å². The van der Waals surface area contributed by atoms with Gasteiger partial charge in [0.2, 0.25) is 23.6 Å². The summed E-state index contributed by atoms with van der Waals surface area (Å²) in [5.74, 6) is -2.08. The summed E-state index contributed by atoms with van der Waals surface area (Å²) in [4.78, 5) is 48.0. The van der Waals surface area contributed by atoms with Gasteiger partial charge in [-0.1, -0.05) is 12.5 Å². The van der Waals surface area contributed by atoms with Gasteiger partial charge in [0.25, 0.3) is 0 Å². The number of primary amides is 1. The number of carbonyl (C=O) groups is 4. The minimum Gasteiger partial charge on any atom is -0.508 e. The number of phenols is 2. The number of amides is 4. The second-order valence-electron chi connectivity index (χ2n) is 9.93. The number of benzene rings is 1. The summed E-state index contributed by atoms with van der Waals surface area (Å²) >= 11 is 0. The molecule has 13 heteroatoms. The lowest BCUT2D eigenvalue weighted by Crippen LogP contribution is -2.49. The Balaban J connectivity index is 2.08. The smallest absolute Gasteiger partial charge is 0.243 e. The van der Waals surface area contributed by atoms with Crippen LogP contribution < -0.4 is 38.1 Å². The summed E-state index contributed by atoms with van der Waals surface area (Å²) in [7, 11) is 0. The number of hydrogen-bond acceptors (Lipinski definition) is 9. The lowest BCUT2D eigenvalue weighted by molar-refractivity contribution is -0.131. The first-order valence-electron chi connectivity index (χ1n) is 14.5. The molecule has 0 aliphatic carbocycles. The van der Waals surface area contributed by atoms with Gasteiger partial charge in [-0.05, 0) is 77.3 Å². The van der Waals surface area contributed by atoms with Crippen molar-refractivity contribution < 1.29 is 29.4 Å². The maximum absolute atomic E-state index is 12.5. The lowest BCUT2D eigenvalue weighted by atomic mass is 10.1. The molecule has 11 N–H and O–H groups in total. The maximum Gasteiger partial charge on any atom is 0.243 e. The fourth-order valence-electron chi connectivity index (χ4n) is 3.96. The topological polar surface area (TPSA) is 221 Å². The molecule has 1 aromatic carbocycles. The Morgan fingerprint density at radius 3 is 2.05 bits per heavy atom. The van der Waals surface area contributed by atoms with Crippen LogP contribution in [0, 0.1) is 0 Å². The molecular weight excluding hydrogens is 530 g/mol. The van der Waals surface area contributed by atoms with Gasteiger partial charge in [0.05, 0.1) is 12.8 Å². The number of aromatic hydroxyl groups is 2. The summed E-state index contributed by atoms with van der Waals surface area (Å²) < 4.78 is 0. The van der Waals surface area contributed by atoms with E-state index in [1.165, 1.54) is 12.1 Å². The van der Waals surface area contributed by atoms with Gasteiger partial charge < -0.3 is 48.3 Å². The molecule has 0 aromatic heterocycles. The van der Waals surface area contributed by atoms with Gasteiger partial charge in [-0.25, -0.2) is 0 Å². The molecule has 1 atom stereocenters. The van der Waals surface area contributed by atoms with Gasteiger partial charge >= 0.3 is 0 Å². The van der Waals surface area contributed by atoms with E-state index in [9.17, 15) is 29.4 Å². The molecule has 232 valence electrons. The number of nitrogens with two attached hydrogens (primary N) is 2. The minimum absolute atomic E-state index is 0.104. The first kappa shape index (κ1) is 35.6. The summed E-state index contributed by atoms with van der Waals surface area (Å²) in [6.07, 6.45) is 6.25. The maximum atomic E-state index is 12.5. The van der Waals surface area contributed by atoms with E-state index in [-0.39, 0.29) is 35.8 Å². The van der Waals surface area contributed by atoms with E-state index >= 15 is 0 Å². The van der Waals surface area contributed by atoms with Crippen molar-refractivity contribution >= 4 is 23.6 Å². The fourth-order valence-corrected chi connectivity index (χ4v) is 3.96. The highest BCUT2D eigenvalue weighted by Gasteiger charge is 2.23. The van der Waals surface area contributed by atoms with Crippen molar-refractivity contribution in [3.63, 3.8) is 0 Å². The standard InChI is InChI=1S/C28H49N7O6/c29-11-3-1-2-8-26(39)33-17-7-15-32-14-6-13-31-12-4-5-16-34-28(41)23(20-25(30)38)35-27(40)18-21-9-10-22(36)19-24(21)37/h9-10,19,23,31-32,36-37H,1-8,11-18,20,29H2,(H2,30,38)(H,33,39)(H,34,41)(H,35,40)/t23-/m0/s1. The van der Waals surface area contributed by atoms with E-state index in [0.717, 1.165) is 70.8 Å². The van der Waals surface area contributed by atoms with E-state index in [4.69, 9.17) is 11.5 Å². The normalized spacial score (nSPS) is 11.5. The summed E-state index contributed by atoms with van der Waals surface area (Å²) in [5, 5.41) is 34.1. The molecule has 0 fully saturated rings. The number of carbonyl (C=O) groups excluding carboxylic acids is 4. The molecule has 0 bridgehead atoms. The molecule has 13 nitrogen and oxygen atoms in total. The van der Waals surface area contributed by atoms with Crippen LogP contribution in [0.2, 0.25) is 0 Å². The van der Waals surface area contributed by atoms with Crippen molar-refractivity contribution in [1.29, 1.82) is 0 Å². The summed E-state index contributed by atoms with van der Waals surface area (Å²) in [6, 6.07) is 2.73. The predicted molar refractivity (Wildman–Crippen MR) is 157 cm³/mol. The summed E-state index contributed by atoms with van der Waals surface area (Å²) in [6.45, 7) is 5.13. The molecule has 0 aliphatic rings. The monoisotopic (exact) mass is 579 g/mol. The van der Waals surface area contributed by atoms with E-state index in [2.05, 4.69) is 26.6 Å². The molecule has 0 saturated heterocycles. The van der Waals surface area contributed by atoms with E-state index in [1.54, 1.807) is 0 Å². The van der Waals surface area contributed by atoms with Crippen LogP contribution in [-0.4, -0.2) is 85.7 Å². The highest BCUT2D eigenvalue weighted by Crippen LogP contribution is 2.22. The van der Waals surface area contributed by atoms with Gasteiger partial charge in [0.1, 0.15) is 17.5 Å². The molecule has 0 spiro atoms. The highest BCUT2D eigenvalue weighted by molar-refractivity contribution is 5.92. The van der Waals surface area contributed by atoms with Crippen LogP contribution in [0.5, 0.6) is 11.5 Å². The summed E-state index contributed by atoms with van der Waals surface area (Å²) in [5.41, 5.74) is 11.0. The Hall–Kier alpha value is -3.42. The molecule has 0 radical (unpaired) electrons. The molecule has 1 rings (SSSR count). The van der Waals surface area contributed by atoms with Crippen LogP contribution in [-0.2, 0) is 25.6 Å². The number of phenolic OH excluding ortho intramolecular Hbond substituents is 2. The third-order valence-corrected chi connectivity index (χ3v) is 6.22. The van der Waals surface area contributed by atoms with Gasteiger partial charge in [0, 0.05) is 31.1 Å². The van der Waals surface area contributed by atoms with Gasteiger partial charge in [-0.2, -0.15) is 0 Å². The van der Waals surface area contributed by atoms with Crippen LogP contribution in [0.4, 0.5) is 0 Å². The van der Waals surface area contributed by atoms with Crippen molar-refractivity contribution in [2.75, 3.05) is 45.8 Å². The Kier molecular flexibility index (Phi) is 19.4. The molecule has 1 aromatic rings. The highest BCUT2D eigenvalue weighted by atomic mass is 16.3. The van der Waals surface area contributed by atoms with Crippen LogP contribution in [0.15, 0.2) is 18.2 Å². The minimum atomic E-state index is -1.12. The van der Waals surface area contributed by atoms with E-state index in [1.807, 2.05) is 0 Å². The average molecular weight is 580 g/mol. The SMILES string of the molecule is NCCCCCC(=O)NCCCNCCCNCCCCNC(=O)[C@H](CC(N)=O)NC(=O)Cc1ccc(O)cc1O. The van der Waals surface area contributed by atoms with Crippen LogP contribution in [0.25, 0.3) is 0 Å². The Bertz CT molecular complexity index is 931. The lowest BCUT2D eigenvalue weighted by Gasteiger charge is -2.17. The second-order valence-corrected chi connectivity index (χ2v) is 9.93. The number of unbranched alkanes of at least 4 members (excludes halogenated alkanes) is 3. The molecule has 0 heterocycles. The van der Waals surface area contributed by atoms with E-state index < -0.39 is 23.8 Å². The average Bonchev–Trinajstić information content (AvgIpc) is 2.92. The largest absolute Gasteiger partial charge is 0.508 e. The van der Waals surface area contributed by atoms with Crippen molar-refractivity contribution in [2.45, 2.75) is 70.3 Å². The second kappa shape index (κ2) is 22.3. The number of rotatable bonds is 24. The Labute approximate surface area is 242 Å². The molecular formula is C28H49N7O6. The van der Waals surface area contributed by atoms with Crippen molar-refractivity contribution in [2.24, 2.45) is 11.5 Å². The van der Waals surface area contributed by atoms with Crippen molar-refractivity contribution in [3.05, 3.63) is 23.8 Å². The fraction of sp³-hybridized carbons (Fsp3) is 0.643. The number of hydrogen-bond donors (Lipinski definition) is 9. The van der Waals surface area contributed by atoms with Crippen LogP contribution in [0.3, 0.4) is 0 Å². The van der Waals surface area contributed by atoms with Gasteiger partial charge in [-0.3, -0.25) is 19.2 Å². The number of nitrogens with one attached hydrogen (secondary N) is 5. The molecule has 0 saturated carbocycles. The molecule has 0 aliphatic heterocycles. The Morgan fingerprint density at radius 2 is 1.39 bits per heavy atom. The molecule has 4 amide bonds. The van der Waals surface area contributed by atoms with E-state index in [0.29, 0.717) is 32.5 Å². The van der Waals surface area contributed by atoms with Crippen LogP contribution in [0.1, 0.15) is 63.4 Å². The quantitative estimate of drug-likeness (QED) is 0.0719. The third-order valence-electron chi connectivity index (χ3n) is 6.22. The zero-order valence-electron chi connectivity index (χ0n) is 24.0. The molecule has 41 heavy (non-hydrogen) atoms. The van der Waals surface area contributed by atoms with Crippen molar-refractivity contribution in [1.82, 2.24) is 26.6 Å². The predicted octanol–water partition coefficient (Wildman–Crippen LogP) is -0.508. The third kappa shape index (κ3) is 18.5. The zero-order valence-corrected chi connectivity index (χ0v) is 24.0. The van der Waals surface area contributed by atoms with Gasteiger partial charge in [-0.15, -0.1) is 0 Å². The van der Waals surface area contributed by atoms with Gasteiger partial charge in [0.15, 0.2) is 0 Å².